The predicted molar refractivity (Wildman–Crippen MR) is 120 cm³/mol. The van der Waals surface area contributed by atoms with E-state index in [1.807, 2.05) is 6.92 Å². The van der Waals surface area contributed by atoms with Crippen LogP contribution in [0.25, 0.3) is 0 Å². The maximum atomic E-state index is 12.2. The molecule has 9 nitrogen and oxygen atoms in total. The van der Waals surface area contributed by atoms with Crippen molar-refractivity contribution in [1.82, 2.24) is 5.32 Å². The normalized spacial score (nSPS) is 11.7. The minimum Gasteiger partial charge on any atom is -0.475 e. The number of carboxylic acids is 1. The molecule has 1 atom stereocenters. The lowest BCUT2D eigenvalue weighted by Gasteiger charge is -2.11. The smallest absolute Gasteiger partial charge is 0.475 e. The summed E-state index contributed by atoms with van der Waals surface area (Å²) >= 11 is 0. The number of furan rings is 1. The van der Waals surface area contributed by atoms with Gasteiger partial charge in [0.1, 0.15) is 17.3 Å². The summed E-state index contributed by atoms with van der Waals surface area (Å²) in [4.78, 5) is 33.2. The molecule has 0 fully saturated rings. The zero-order chi connectivity index (χ0) is 26.8. The Hall–Kier alpha value is -3.83. The van der Waals surface area contributed by atoms with Crippen LogP contribution in [-0.4, -0.2) is 41.5 Å². The molecule has 0 spiro atoms. The Bertz CT molecular complexity index is 1020. The van der Waals surface area contributed by atoms with Gasteiger partial charge < -0.3 is 25.3 Å². The number of alkyl halides is 3. The lowest BCUT2D eigenvalue weighted by atomic mass is 10.1. The van der Waals surface area contributed by atoms with Gasteiger partial charge in [-0.1, -0.05) is 20.8 Å². The topological polar surface area (TPSA) is 156 Å². The van der Waals surface area contributed by atoms with Crippen LogP contribution in [0, 0.1) is 17.2 Å². The van der Waals surface area contributed by atoms with E-state index in [9.17, 15) is 22.8 Å². The Balaban J connectivity index is 0.000000762. The number of esters is 1. The number of amides is 1. The minimum atomic E-state index is -5.08. The molecule has 0 saturated heterocycles. The SMILES string of the molecule is CC(C)CCNC(=O)C(C)Cc1ccc(C(=O)Oc2ccc(C(=N)N)cc2)o1.O=C(O)C(F)(F)F. The molecular weight excluding hydrogens is 471 g/mol. The summed E-state index contributed by atoms with van der Waals surface area (Å²) in [5.41, 5.74) is 5.93. The monoisotopic (exact) mass is 499 g/mol. The van der Waals surface area contributed by atoms with Crippen LogP contribution in [-0.2, 0) is 16.0 Å². The van der Waals surface area contributed by atoms with E-state index in [2.05, 4.69) is 19.2 Å². The summed E-state index contributed by atoms with van der Waals surface area (Å²) in [6.07, 6.45) is -3.75. The summed E-state index contributed by atoms with van der Waals surface area (Å²) in [5, 5.41) is 17.4. The number of hydrogen-bond donors (Lipinski definition) is 4. The van der Waals surface area contributed by atoms with Crippen LogP contribution in [0.1, 0.15) is 49.1 Å². The molecule has 2 rings (SSSR count). The van der Waals surface area contributed by atoms with E-state index in [0.717, 1.165) is 6.42 Å². The highest BCUT2D eigenvalue weighted by Gasteiger charge is 2.38. The number of carboxylic acid groups (broad SMARTS) is 1. The molecule has 0 aliphatic rings. The van der Waals surface area contributed by atoms with Gasteiger partial charge in [0.15, 0.2) is 0 Å². The molecule has 0 radical (unpaired) electrons. The number of halogens is 3. The zero-order valence-electron chi connectivity index (χ0n) is 19.4. The van der Waals surface area contributed by atoms with Gasteiger partial charge in [0.05, 0.1) is 0 Å². The summed E-state index contributed by atoms with van der Waals surface area (Å²) in [5.74, 6) is -2.27. The number of hydrogen-bond acceptors (Lipinski definition) is 6. The molecule has 5 N–H and O–H groups in total. The standard InChI is InChI=1S/C21H27N3O4.C2HF3O2/c1-13(2)10-11-24-20(25)14(3)12-17-8-9-18(27-17)21(26)28-16-6-4-15(5-7-16)19(22)23;3-2(4,5)1(6)7/h4-9,13-14H,10-12H2,1-3H3,(H3,22,23)(H,24,25);(H,6,7). The average Bonchev–Trinajstić information content (AvgIpc) is 3.22. The second kappa shape index (κ2) is 13.2. The fraction of sp³-hybridized carbons (Fsp3) is 0.391. The van der Waals surface area contributed by atoms with Crippen LogP contribution in [0.15, 0.2) is 40.8 Å². The summed E-state index contributed by atoms with van der Waals surface area (Å²) in [6.45, 7) is 6.69. The summed E-state index contributed by atoms with van der Waals surface area (Å²) < 4.78 is 42.5. The number of ether oxygens (including phenoxy) is 1. The van der Waals surface area contributed by atoms with E-state index in [1.165, 1.54) is 6.07 Å². The first-order valence-corrected chi connectivity index (χ1v) is 10.5. The number of carbonyl (C=O) groups excluding carboxylic acids is 2. The number of nitrogens with one attached hydrogen (secondary N) is 2. The van der Waals surface area contributed by atoms with E-state index >= 15 is 0 Å². The van der Waals surface area contributed by atoms with Crippen LogP contribution in [0.5, 0.6) is 5.75 Å². The Kier molecular flexibility index (Phi) is 11.0. The predicted octanol–water partition coefficient (Wildman–Crippen LogP) is 3.76. The number of nitrogens with two attached hydrogens (primary N) is 1. The third kappa shape index (κ3) is 10.8. The quantitative estimate of drug-likeness (QED) is 0.177. The van der Waals surface area contributed by atoms with Crippen LogP contribution in [0.4, 0.5) is 13.2 Å². The number of aliphatic carboxylic acids is 1. The van der Waals surface area contributed by atoms with Crippen LogP contribution in [0.2, 0.25) is 0 Å². The van der Waals surface area contributed by atoms with Gasteiger partial charge in [-0.15, -0.1) is 0 Å². The maximum absolute atomic E-state index is 12.2. The second-order valence-corrected chi connectivity index (χ2v) is 7.98. The molecule has 0 bridgehead atoms. The second-order valence-electron chi connectivity index (χ2n) is 7.98. The van der Waals surface area contributed by atoms with Crippen LogP contribution < -0.4 is 15.8 Å². The van der Waals surface area contributed by atoms with E-state index in [4.69, 9.17) is 30.2 Å². The first-order valence-electron chi connectivity index (χ1n) is 10.5. The van der Waals surface area contributed by atoms with Crippen molar-refractivity contribution in [3.63, 3.8) is 0 Å². The molecule has 2 aromatic rings. The third-order valence-electron chi connectivity index (χ3n) is 4.46. The van der Waals surface area contributed by atoms with Gasteiger partial charge in [-0.2, -0.15) is 13.2 Å². The molecular formula is C23H28F3N3O6. The highest BCUT2D eigenvalue weighted by Crippen LogP contribution is 2.18. The highest BCUT2D eigenvalue weighted by molar-refractivity contribution is 5.95. The molecule has 0 saturated carbocycles. The third-order valence-corrected chi connectivity index (χ3v) is 4.46. The fourth-order valence-corrected chi connectivity index (χ4v) is 2.51. The van der Waals surface area contributed by atoms with Crippen molar-refractivity contribution in [3.05, 3.63) is 53.5 Å². The van der Waals surface area contributed by atoms with Crippen molar-refractivity contribution < 1.29 is 41.8 Å². The molecule has 192 valence electrons. The number of benzene rings is 1. The van der Waals surface area contributed by atoms with Crippen molar-refractivity contribution in [2.45, 2.75) is 39.8 Å². The maximum Gasteiger partial charge on any atom is 0.490 e. The number of amidine groups is 1. The molecule has 1 heterocycles. The van der Waals surface area contributed by atoms with Crippen molar-refractivity contribution >= 4 is 23.7 Å². The first kappa shape index (κ1) is 29.2. The van der Waals surface area contributed by atoms with Gasteiger partial charge >= 0.3 is 18.1 Å². The lowest BCUT2D eigenvalue weighted by molar-refractivity contribution is -0.192. The molecule has 12 heteroatoms. The lowest BCUT2D eigenvalue weighted by Crippen LogP contribution is -2.31. The fourth-order valence-electron chi connectivity index (χ4n) is 2.51. The Labute approximate surface area is 199 Å². The van der Waals surface area contributed by atoms with Crippen molar-refractivity contribution in [2.75, 3.05) is 6.54 Å². The van der Waals surface area contributed by atoms with E-state index in [-0.39, 0.29) is 23.4 Å². The Morgan fingerprint density at radius 1 is 1.11 bits per heavy atom. The van der Waals surface area contributed by atoms with Crippen molar-refractivity contribution in [2.24, 2.45) is 17.6 Å². The van der Waals surface area contributed by atoms with Gasteiger partial charge in [-0.3, -0.25) is 10.2 Å². The molecule has 0 aliphatic carbocycles. The van der Waals surface area contributed by atoms with Gasteiger partial charge in [-0.05, 0) is 48.7 Å². The van der Waals surface area contributed by atoms with Crippen LogP contribution >= 0.6 is 0 Å². The first-order chi connectivity index (χ1) is 16.2. The van der Waals surface area contributed by atoms with E-state index < -0.39 is 18.1 Å². The van der Waals surface area contributed by atoms with Crippen molar-refractivity contribution in [1.29, 1.82) is 5.41 Å². The number of rotatable bonds is 9. The van der Waals surface area contributed by atoms with E-state index in [0.29, 0.717) is 36.0 Å². The van der Waals surface area contributed by atoms with Gasteiger partial charge in [0, 0.05) is 24.4 Å². The zero-order valence-corrected chi connectivity index (χ0v) is 19.4. The minimum absolute atomic E-state index is 0.0354. The molecule has 1 amide bonds. The highest BCUT2D eigenvalue weighted by atomic mass is 19.4. The van der Waals surface area contributed by atoms with E-state index in [1.54, 1.807) is 30.3 Å². The summed E-state index contributed by atoms with van der Waals surface area (Å²) in [6, 6.07) is 9.51. The van der Waals surface area contributed by atoms with Gasteiger partial charge in [0.25, 0.3) is 0 Å². The number of nitrogen functional groups attached to an aromatic ring is 1. The molecule has 1 aromatic carbocycles. The van der Waals surface area contributed by atoms with Gasteiger partial charge in [0.2, 0.25) is 11.7 Å². The molecule has 1 unspecified atom stereocenters. The molecule has 0 aliphatic heterocycles. The van der Waals surface area contributed by atoms with Crippen molar-refractivity contribution in [3.8, 4) is 5.75 Å². The average molecular weight is 499 g/mol. The Morgan fingerprint density at radius 2 is 1.69 bits per heavy atom. The summed E-state index contributed by atoms with van der Waals surface area (Å²) in [7, 11) is 0. The van der Waals surface area contributed by atoms with Crippen LogP contribution in [0.3, 0.4) is 0 Å². The largest absolute Gasteiger partial charge is 0.490 e. The number of carbonyl (C=O) groups is 3. The molecule has 35 heavy (non-hydrogen) atoms. The Morgan fingerprint density at radius 3 is 2.17 bits per heavy atom. The van der Waals surface area contributed by atoms with Gasteiger partial charge in [-0.25, -0.2) is 9.59 Å². The molecule has 1 aromatic heterocycles.